The van der Waals surface area contributed by atoms with Gasteiger partial charge in [0.2, 0.25) is 0 Å². The lowest BCUT2D eigenvalue weighted by Gasteiger charge is -2.23. The van der Waals surface area contributed by atoms with Crippen LogP contribution in [0.2, 0.25) is 0 Å². The Hall–Kier alpha value is -2.95. The van der Waals surface area contributed by atoms with Gasteiger partial charge in [-0.1, -0.05) is 41.6 Å². The van der Waals surface area contributed by atoms with Crippen LogP contribution < -0.4 is 5.01 Å². The molecule has 3 rings (SSSR count). The molecule has 0 aromatic heterocycles. The molecule has 0 fully saturated rings. The van der Waals surface area contributed by atoms with E-state index in [0.29, 0.717) is 5.71 Å². The highest BCUT2D eigenvalue weighted by Crippen LogP contribution is 2.31. The van der Waals surface area contributed by atoms with E-state index < -0.39 is 5.97 Å². The second-order valence-corrected chi connectivity index (χ2v) is 5.39. The summed E-state index contributed by atoms with van der Waals surface area (Å²) in [6, 6.07) is 15.8. The van der Waals surface area contributed by atoms with Crippen LogP contribution >= 0.6 is 0 Å². The first kappa shape index (κ1) is 15.0. The summed E-state index contributed by atoms with van der Waals surface area (Å²) in [5.41, 5.74) is 4.62. The number of hydrogen-bond donors (Lipinski definition) is 0. The van der Waals surface area contributed by atoms with Gasteiger partial charge in [0.1, 0.15) is 5.71 Å². The standard InChI is InChI=1S/C18H17N3O2/c1-12-8-4-6-10-15(12)21(16-11-7-5-9-13(16)2)19-17-14(3)20-23-18(17)22/h4-11H,1-3H3/b19-17-. The molecule has 0 N–H and O–H groups in total. The van der Waals surface area contributed by atoms with E-state index in [4.69, 9.17) is 4.84 Å². The van der Waals surface area contributed by atoms with Gasteiger partial charge in [-0.2, -0.15) is 5.10 Å². The van der Waals surface area contributed by atoms with Gasteiger partial charge in [0.25, 0.3) is 0 Å². The first-order valence-electron chi connectivity index (χ1n) is 7.34. The molecule has 23 heavy (non-hydrogen) atoms. The Labute approximate surface area is 134 Å². The molecular weight excluding hydrogens is 290 g/mol. The van der Waals surface area contributed by atoms with Gasteiger partial charge >= 0.3 is 5.97 Å². The largest absolute Gasteiger partial charge is 0.387 e. The highest BCUT2D eigenvalue weighted by atomic mass is 16.7. The third kappa shape index (κ3) is 2.85. The summed E-state index contributed by atoms with van der Waals surface area (Å²) in [5.74, 6) is -0.533. The number of aryl methyl sites for hydroxylation is 2. The third-order valence-electron chi connectivity index (χ3n) is 3.69. The summed E-state index contributed by atoms with van der Waals surface area (Å²) in [4.78, 5) is 16.6. The fourth-order valence-corrected chi connectivity index (χ4v) is 2.40. The topological polar surface area (TPSA) is 54.3 Å². The lowest BCUT2D eigenvalue weighted by Crippen LogP contribution is -2.22. The summed E-state index contributed by atoms with van der Waals surface area (Å²) >= 11 is 0. The minimum atomic E-state index is -0.533. The van der Waals surface area contributed by atoms with Crippen molar-refractivity contribution in [2.75, 3.05) is 5.01 Å². The van der Waals surface area contributed by atoms with Gasteiger partial charge in [0.05, 0.1) is 11.4 Å². The van der Waals surface area contributed by atoms with E-state index in [1.807, 2.05) is 62.4 Å². The monoisotopic (exact) mass is 307 g/mol. The predicted molar refractivity (Wildman–Crippen MR) is 91.1 cm³/mol. The zero-order chi connectivity index (χ0) is 16.4. The maximum atomic E-state index is 11.9. The molecule has 1 aliphatic heterocycles. The highest BCUT2D eigenvalue weighted by Gasteiger charge is 2.26. The van der Waals surface area contributed by atoms with Crippen LogP contribution in [0, 0.1) is 13.8 Å². The number of benzene rings is 2. The first-order chi connectivity index (χ1) is 11.1. The Balaban J connectivity index is 2.18. The number of carbonyl (C=O) groups excluding carboxylic acids is 1. The number of anilines is 2. The molecule has 0 saturated carbocycles. The van der Waals surface area contributed by atoms with Crippen molar-refractivity contribution in [2.45, 2.75) is 20.8 Å². The average Bonchev–Trinajstić information content (AvgIpc) is 2.86. The number of para-hydroxylation sites is 2. The minimum Gasteiger partial charge on any atom is -0.311 e. The summed E-state index contributed by atoms with van der Waals surface area (Å²) in [7, 11) is 0. The van der Waals surface area contributed by atoms with Gasteiger partial charge in [-0.15, -0.1) is 0 Å². The minimum absolute atomic E-state index is 0.219. The van der Waals surface area contributed by atoms with Crippen molar-refractivity contribution in [3.8, 4) is 0 Å². The molecule has 0 aliphatic carbocycles. The molecule has 0 amide bonds. The second-order valence-electron chi connectivity index (χ2n) is 5.39. The molecule has 116 valence electrons. The first-order valence-corrected chi connectivity index (χ1v) is 7.34. The maximum Gasteiger partial charge on any atom is 0.387 e. The van der Waals surface area contributed by atoms with Crippen LogP contribution in [-0.2, 0) is 9.63 Å². The normalized spacial score (nSPS) is 15.5. The molecule has 0 saturated heterocycles. The van der Waals surface area contributed by atoms with Crippen LogP contribution in [-0.4, -0.2) is 17.4 Å². The Morgan fingerprint density at radius 2 is 1.43 bits per heavy atom. The van der Waals surface area contributed by atoms with Crippen molar-refractivity contribution in [3.05, 3.63) is 59.7 Å². The van der Waals surface area contributed by atoms with E-state index in [1.54, 1.807) is 11.9 Å². The number of carbonyl (C=O) groups is 1. The molecular formula is C18H17N3O2. The number of rotatable bonds is 3. The molecule has 0 unspecified atom stereocenters. The van der Waals surface area contributed by atoms with E-state index >= 15 is 0 Å². The van der Waals surface area contributed by atoms with Crippen molar-refractivity contribution in [1.29, 1.82) is 0 Å². The predicted octanol–water partition coefficient (Wildman–Crippen LogP) is 3.73. The Kier molecular flexibility index (Phi) is 3.93. The SMILES string of the molecule is CC1=NOC(=O)/C1=N\N(c1ccccc1C)c1ccccc1C. The highest BCUT2D eigenvalue weighted by molar-refractivity contribution is 6.67. The van der Waals surface area contributed by atoms with Crippen LogP contribution in [0.25, 0.3) is 0 Å². The van der Waals surface area contributed by atoms with Crippen LogP contribution in [0.5, 0.6) is 0 Å². The summed E-state index contributed by atoms with van der Waals surface area (Å²) < 4.78 is 0. The van der Waals surface area contributed by atoms with Gasteiger partial charge in [-0.25, -0.2) is 9.80 Å². The van der Waals surface area contributed by atoms with Gasteiger partial charge in [0.15, 0.2) is 5.71 Å². The summed E-state index contributed by atoms with van der Waals surface area (Å²) in [6.07, 6.45) is 0. The van der Waals surface area contributed by atoms with Gasteiger partial charge < -0.3 is 4.84 Å². The van der Waals surface area contributed by atoms with E-state index in [2.05, 4.69) is 10.3 Å². The van der Waals surface area contributed by atoms with Crippen LogP contribution in [0.1, 0.15) is 18.1 Å². The number of oxime groups is 1. The van der Waals surface area contributed by atoms with Crippen molar-refractivity contribution in [3.63, 3.8) is 0 Å². The Morgan fingerprint density at radius 3 is 1.87 bits per heavy atom. The molecule has 1 heterocycles. The van der Waals surface area contributed by atoms with Gasteiger partial charge in [0, 0.05) is 0 Å². The quantitative estimate of drug-likeness (QED) is 0.641. The lowest BCUT2D eigenvalue weighted by molar-refractivity contribution is -0.134. The molecule has 2 aromatic carbocycles. The second kappa shape index (κ2) is 6.04. The molecule has 0 bridgehead atoms. The van der Waals surface area contributed by atoms with E-state index in [1.165, 1.54) is 0 Å². The number of hydrazone groups is 1. The van der Waals surface area contributed by atoms with Crippen molar-refractivity contribution in [2.24, 2.45) is 10.3 Å². The smallest absolute Gasteiger partial charge is 0.311 e. The molecule has 0 atom stereocenters. The fourth-order valence-electron chi connectivity index (χ4n) is 2.40. The Morgan fingerprint density at radius 1 is 0.913 bits per heavy atom. The van der Waals surface area contributed by atoms with Crippen molar-refractivity contribution in [1.82, 2.24) is 0 Å². The average molecular weight is 307 g/mol. The van der Waals surface area contributed by atoms with Crippen LogP contribution in [0.4, 0.5) is 11.4 Å². The molecule has 0 radical (unpaired) electrons. The third-order valence-corrected chi connectivity index (χ3v) is 3.69. The van der Waals surface area contributed by atoms with Crippen molar-refractivity contribution >= 4 is 28.8 Å². The molecule has 1 aliphatic rings. The van der Waals surface area contributed by atoms with Gasteiger partial charge in [-0.05, 0) is 44.0 Å². The van der Waals surface area contributed by atoms with Gasteiger partial charge in [-0.3, -0.25) is 0 Å². The van der Waals surface area contributed by atoms with Crippen LogP contribution in [0.15, 0.2) is 58.8 Å². The fraction of sp³-hybridized carbons (Fsp3) is 0.167. The molecule has 5 heteroatoms. The maximum absolute atomic E-state index is 11.9. The zero-order valence-electron chi connectivity index (χ0n) is 13.3. The lowest BCUT2D eigenvalue weighted by atomic mass is 10.1. The summed E-state index contributed by atoms with van der Waals surface area (Å²) in [6.45, 7) is 5.72. The van der Waals surface area contributed by atoms with Crippen molar-refractivity contribution < 1.29 is 9.63 Å². The zero-order valence-corrected chi connectivity index (χ0v) is 13.3. The molecule has 0 spiro atoms. The van der Waals surface area contributed by atoms with E-state index in [0.717, 1.165) is 22.5 Å². The molecule has 5 nitrogen and oxygen atoms in total. The summed E-state index contributed by atoms with van der Waals surface area (Å²) in [5, 5.41) is 10.0. The van der Waals surface area contributed by atoms with E-state index in [-0.39, 0.29) is 5.71 Å². The molecule has 2 aromatic rings. The Bertz CT molecular complexity index is 779. The number of hydrogen-bond acceptors (Lipinski definition) is 5. The number of nitrogens with zero attached hydrogens (tertiary/aromatic N) is 3. The van der Waals surface area contributed by atoms with Crippen LogP contribution in [0.3, 0.4) is 0 Å². The van der Waals surface area contributed by atoms with E-state index in [9.17, 15) is 4.79 Å².